The average Bonchev–Trinajstić information content (AvgIpc) is 2.72. The third-order valence-corrected chi connectivity index (χ3v) is 3.51. The van der Waals surface area contributed by atoms with Gasteiger partial charge in [-0.25, -0.2) is 9.37 Å². The van der Waals surface area contributed by atoms with E-state index in [-0.39, 0.29) is 11.9 Å². The Labute approximate surface area is 104 Å². The fourth-order valence-electron chi connectivity index (χ4n) is 1.68. The number of hydrogen-bond acceptors (Lipinski definition) is 4. The highest BCUT2D eigenvalue weighted by Gasteiger charge is 2.13. The van der Waals surface area contributed by atoms with E-state index in [9.17, 15) is 4.39 Å². The molecule has 0 saturated carbocycles. The summed E-state index contributed by atoms with van der Waals surface area (Å²) in [6, 6.07) is 1.55. The second-order valence-electron chi connectivity index (χ2n) is 3.86. The monoisotopic (exact) mass is 251 g/mol. The largest absolute Gasteiger partial charge is 0.313 e. The van der Waals surface area contributed by atoms with Crippen LogP contribution in [0.3, 0.4) is 0 Å². The highest BCUT2D eigenvalue weighted by Crippen LogP contribution is 2.20. The molecule has 90 valence electrons. The Morgan fingerprint density at radius 1 is 1.47 bits per heavy atom. The normalized spacial score (nSPS) is 12.6. The van der Waals surface area contributed by atoms with Gasteiger partial charge in [0.05, 0.1) is 11.2 Å². The minimum atomic E-state index is -0.307. The van der Waals surface area contributed by atoms with E-state index in [1.165, 1.54) is 12.3 Å². The first-order chi connectivity index (χ1) is 8.19. The minimum absolute atomic E-state index is 0.0451. The van der Waals surface area contributed by atoms with E-state index in [1.54, 1.807) is 17.5 Å². The maximum Gasteiger partial charge on any atom is 0.141 e. The number of aromatic nitrogens is 2. The summed E-state index contributed by atoms with van der Waals surface area (Å²) in [4.78, 5) is 8.28. The maximum absolute atomic E-state index is 13.1. The lowest BCUT2D eigenvalue weighted by Gasteiger charge is -2.14. The van der Waals surface area contributed by atoms with Crippen molar-refractivity contribution in [2.24, 2.45) is 0 Å². The van der Waals surface area contributed by atoms with Crippen molar-refractivity contribution >= 4 is 11.3 Å². The Hall–Kier alpha value is -1.33. The molecule has 0 aliphatic heterocycles. The van der Waals surface area contributed by atoms with Crippen LogP contribution in [0.1, 0.15) is 22.3 Å². The van der Waals surface area contributed by atoms with Crippen LogP contribution in [0, 0.1) is 12.7 Å². The predicted octanol–water partition coefficient (Wildman–Crippen LogP) is 2.49. The third kappa shape index (κ3) is 3.08. The fourth-order valence-corrected chi connectivity index (χ4v) is 2.50. The molecule has 0 aliphatic rings. The molecule has 0 aromatic carbocycles. The number of nitrogens with zero attached hydrogens (tertiary/aromatic N) is 2. The summed E-state index contributed by atoms with van der Waals surface area (Å²) >= 11 is 1.63. The number of halogens is 1. The number of thiazole rings is 1. The lowest BCUT2D eigenvalue weighted by molar-refractivity contribution is 0.570. The van der Waals surface area contributed by atoms with E-state index in [4.69, 9.17) is 0 Å². The zero-order valence-corrected chi connectivity index (χ0v) is 10.6. The van der Waals surface area contributed by atoms with Gasteiger partial charge in [-0.2, -0.15) is 0 Å². The molecule has 0 radical (unpaired) electrons. The van der Waals surface area contributed by atoms with E-state index >= 15 is 0 Å². The van der Waals surface area contributed by atoms with Crippen LogP contribution in [0.5, 0.6) is 0 Å². The van der Waals surface area contributed by atoms with Crippen molar-refractivity contribution in [2.45, 2.75) is 19.4 Å². The SMILES string of the molecule is CNC(Cc1nc(C)cs1)c1cncc(F)c1. The topological polar surface area (TPSA) is 37.8 Å². The highest BCUT2D eigenvalue weighted by atomic mass is 32.1. The van der Waals surface area contributed by atoms with Gasteiger partial charge in [-0.1, -0.05) is 0 Å². The Balaban J connectivity index is 2.16. The number of likely N-dealkylation sites (N-methyl/N-ethyl adjacent to an activating group) is 1. The molecule has 0 bridgehead atoms. The maximum atomic E-state index is 13.1. The molecule has 17 heavy (non-hydrogen) atoms. The molecular formula is C12H14FN3S. The number of pyridine rings is 1. The van der Waals surface area contributed by atoms with Crippen molar-refractivity contribution in [3.05, 3.63) is 45.9 Å². The van der Waals surface area contributed by atoms with Crippen molar-refractivity contribution in [3.8, 4) is 0 Å². The van der Waals surface area contributed by atoms with Crippen LogP contribution < -0.4 is 5.32 Å². The molecule has 1 atom stereocenters. The van der Waals surface area contributed by atoms with Crippen LogP contribution in [0.4, 0.5) is 4.39 Å². The summed E-state index contributed by atoms with van der Waals surface area (Å²) in [6.07, 6.45) is 3.65. The summed E-state index contributed by atoms with van der Waals surface area (Å²) in [5.41, 5.74) is 1.87. The Morgan fingerprint density at radius 3 is 2.88 bits per heavy atom. The highest BCUT2D eigenvalue weighted by molar-refractivity contribution is 7.09. The molecule has 0 fully saturated rings. The molecule has 2 heterocycles. The minimum Gasteiger partial charge on any atom is -0.313 e. The molecule has 2 aromatic rings. The second kappa shape index (κ2) is 5.33. The zero-order chi connectivity index (χ0) is 12.3. The molecule has 3 nitrogen and oxygen atoms in total. The molecular weight excluding hydrogens is 237 g/mol. The quantitative estimate of drug-likeness (QED) is 0.907. The Morgan fingerprint density at radius 2 is 2.29 bits per heavy atom. The predicted molar refractivity (Wildman–Crippen MR) is 66.6 cm³/mol. The molecule has 1 unspecified atom stereocenters. The lowest BCUT2D eigenvalue weighted by Crippen LogP contribution is -2.19. The smallest absolute Gasteiger partial charge is 0.141 e. The first kappa shape index (κ1) is 12.1. The van der Waals surface area contributed by atoms with E-state index < -0.39 is 0 Å². The number of hydrogen-bond donors (Lipinski definition) is 1. The molecule has 1 N–H and O–H groups in total. The van der Waals surface area contributed by atoms with E-state index in [2.05, 4.69) is 15.3 Å². The molecule has 0 saturated heterocycles. The van der Waals surface area contributed by atoms with Crippen molar-refractivity contribution in [1.29, 1.82) is 0 Å². The Kier molecular flexibility index (Phi) is 3.81. The molecule has 0 aliphatic carbocycles. The van der Waals surface area contributed by atoms with Gasteiger partial charge >= 0.3 is 0 Å². The van der Waals surface area contributed by atoms with Crippen LogP contribution in [-0.4, -0.2) is 17.0 Å². The van der Waals surface area contributed by atoms with Crippen LogP contribution in [0.2, 0.25) is 0 Å². The van der Waals surface area contributed by atoms with Gasteiger partial charge in [0.2, 0.25) is 0 Å². The number of aryl methyl sites for hydroxylation is 1. The van der Waals surface area contributed by atoms with Gasteiger partial charge in [0, 0.05) is 29.7 Å². The summed E-state index contributed by atoms with van der Waals surface area (Å²) in [7, 11) is 1.86. The van der Waals surface area contributed by atoms with Gasteiger partial charge in [0.15, 0.2) is 0 Å². The standard InChI is InChI=1S/C12H14FN3S/c1-8-7-17-12(16-8)4-11(14-2)9-3-10(13)6-15-5-9/h3,5-7,11,14H,4H2,1-2H3. The molecule has 2 aromatic heterocycles. The first-order valence-corrected chi connectivity index (χ1v) is 6.25. The van der Waals surface area contributed by atoms with Crippen molar-refractivity contribution in [1.82, 2.24) is 15.3 Å². The van der Waals surface area contributed by atoms with Gasteiger partial charge < -0.3 is 5.32 Å². The number of rotatable bonds is 4. The van der Waals surface area contributed by atoms with Crippen LogP contribution in [0.25, 0.3) is 0 Å². The van der Waals surface area contributed by atoms with Crippen LogP contribution in [-0.2, 0) is 6.42 Å². The second-order valence-corrected chi connectivity index (χ2v) is 4.81. The molecule has 0 spiro atoms. The molecule has 0 amide bonds. The summed E-state index contributed by atoms with van der Waals surface area (Å²) < 4.78 is 13.1. The number of nitrogens with one attached hydrogen (secondary N) is 1. The molecule has 2 rings (SSSR count). The van der Waals surface area contributed by atoms with Gasteiger partial charge in [0.25, 0.3) is 0 Å². The third-order valence-electron chi connectivity index (χ3n) is 2.52. The fraction of sp³-hybridized carbons (Fsp3) is 0.333. The first-order valence-electron chi connectivity index (χ1n) is 5.37. The van der Waals surface area contributed by atoms with E-state index in [0.717, 1.165) is 22.7 Å². The molecule has 5 heteroatoms. The lowest BCUT2D eigenvalue weighted by atomic mass is 10.1. The van der Waals surface area contributed by atoms with Crippen LogP contribution in [0.15, 0.2) is 23.8 Å². The van der Waals surface area contributed by atoms with Crippen LogP contribution >= 0.6 is 11.3 Å². The van der Waals surface area contributed by atoms with E-state index in [1.807, 2.05) is 19.4 Å². The summed E-state index contributed by atoms with van der Waals surface area (Å²) in [5.74, 6) is -0.307. The summed E-state index contributed by atoms with van der Waals surface area (Å²) in [6.45, 7) is 1.97. The van der Waals surface area contributed by atoms with E-state index in [0.29, 0.717) is 0 Å². The zero-order valence-electron chi connectivity index (χ0n) is 9.77. The van der Waals surface area contributed by atoms with Gasteiger partial charge in [-0.05, 0) is 25.6 Å². The summed E-state index contributed by atoms with van der Waals surface area (Å²) in [5, 5.41) is 6.23. The van der Waals surface area contributed by atoms with Gasteiger partial charge in [0.1, 0.15) is 5.82 Å². The average molecular weight is 251 g/mol. The Bertz CT molecular complexity index is 498. The van der Waals surface area contributed by atoms with Crippen molar-refractivity contribution in [3.63, 3.8) is 0 Å². The van der Waals surface area contributed by atoms with Crippen molar-refractivity contribution in [2.75, 3.05) is 7.05 Å². The van der Waals surface area contributed by atoms with Crippen molar-refractivity contribution < 1.29 is 4.39 Å². The van der Waals surface area contributed by atoms with Gasteiger partial charge in [-0.15, -0.1) is 11.3 Å². The van der Waals surface area contributed by atoms with Gasteiger partial charge in [-0.3, -0.25) is 4.98 Å².